The number of carbonyl (C=O) groups excluding carboxylic acids is 2. The van der Waals surface area contributed by atoms with E-state index >= 15 is 0 Å². The van der Waals surface area contributed by atoms with Crippen LogP contribution in [-0.2, 0) is 28.5 Å². The van der Waals surface area contributed by atoms with E-state index in [0.717, 1.165) is 0 Å². The first-order valence-electron chi connectivity index (χ1n) is 6.67. The molecular weight excluding hydrogens is 391 g/mol. The maximum absolute atomic E-state index is 11.3. The molecule has 0 bridgehead atoms. The predicted molar refractivity (Wildman–Crippen MR) is 84.0 cm³/mol. The standard InChI is InChI=1S/C14H19IO6/c1-3-18-12(16)7-5-10-11(6-8-13(17)20-10)21-14(9-15)19-4-2/h5-8,10-11,14H,3-4,9H2,1-2H3/b7-5+/t10-,11+,14?/m1/s1. The molecule has 0 fully saturated rings. The van der Waals surface area contributed by atoms with Gasteiger partial charge in [-0.2, -0.15) is 0 Å². The van der Waals surface area contributed by atoms with Gasteiger partial charge in [0.15, 0.2) is 12.4 Å². The molecule has 1 unspecified atom stereocenters. The molecule has 1 heterocycles. The van der Waals surface area contributed by atoms with Crippen LogP contribution in [0, 0.1) is 0 Å². The average Bonchev–Trinajstić information content (AvgIpc) is 2.47. The fourth-order valence-electron chi connectivity index (χ4n) is 1.64. The molecule has 0 aromatic rings. The third-order valence-electron chi connectivity index (χ3n) is 2.49. The summed E-state index contributed by atoms with van der Waals surface area (Å²) in [6, 6.07) is 0. The van der Waals surface area contributed by atoms with Gasteiger partial charge in [-0.05, 0) is 26.0 Å². The smallest absolute Gasteiger partial charge is 0.331 e. The van der Waals surface area contributed by atoms with Crippen LogP contribution in [0.25, 0.3) is 0 Å². The first-order chi connectivity index (χ1) is 10.1. The lowest BCUT2D eigenvalue weighted by molar-refractivity contribution is -0.175. The first kappa shape index (κ1) is 18.1. The van der Waals surface area contributed by atoms with Crippen LogP contribution in [0.3, 0.4) is 0 Å². The summed E-state index contributed by atoms with van der Waals surface area (Å²) in [6.07, 6.45) is 4.01. The Hall–Kier alpha value is -0.930. The van der Waals surface area contributed by atoms with Gasteiger partial charge in [0.25, 0.3) is 0 Å². The Kier molecular flexibility index (Phi) is 8.55. The molecule has 21 heavy (non-hydrogen) atoms. The molecule has 0 radical (unpaired) electrons. The van der Waals surface area contributed by atoms with E-state index in [1.807, 2.05) is 6.92 Å². The van der Waals surface area contributed by atoms with E-state index in [4.69, 9.17) is 18.9 Å². The van der Waals surface area contributed by atoms with E-state index in [1.54, 1.807) is 13.0 Å². The third-order valence-corrected chi connectivity index (χ3v) is 3.21. The molecule has 1 aliphatic rings. The van der Waals surface area contributed by atoms with Gasteiger partial charge in [0.1, 0.15) is 6.10 Å². The minimum Gasteiger partial charge on any atom is -0.463 e. The van der Waals surface area contributed by atoms with Gasteiger partial charge in [-0.1, -0.05) is 22.6 Å². The maximum Gasteiger partial charge on any atom is 0.331 e. The molecule has 7 heteroatoms. The minimum absolute atomic E-state index is 0.286. The number of hydrogen-bond donors (Lipinski definition) is 0. The molecule has 1 rings (SSSR count). The van der Waals surface area contributed by atoms with Gasteiger partial charge in [-0.15, -0.1) is 0 Å². The number of rotatable bonds is 8. The first-order valence-corrected chi connectivity index (χ1v) is 8.20. The molecule has 0 saturated heterocycles. The summed E-state index contributed by atoms with van der Waals surface area (Å²) < 4.78 is 21.7. The number of carbonyl (C=O) groups is 2. The third kappa shape index (κ3) is 6.58. The van der Waals surface area contributed by atoms with E-state index in [9.17, 15) is 9.59 Å². The molecule has 6 nitrogen and oxygen atoms in total. The molecule has 118 valence electrons. The molecule has 0 aromatic carbocycles. The lowest BCUT2D eigenvalue weighted by Crippen LogP contribution is -2.38. The molecule has 1 aliphatic heterocycles. The Morgan fingerprint density at radius 2 is 2.24 bits per heavy atom. The van der Waals surface area contributed by atoms with Crippen LogP contribution < -0.4 is 0 Å². The molecule has 0 aliphatic carbocycles. The van der Waals surface area contributed by atoms with Crippen molar-refractivity contribution < 1.29 is 28.5 Å². The van der Waals surface area contributed by atoms with Crippen LogP contribution in [0.5, 0.6) is 0 Å². The van der Waals surface area contributed by atoms with Crippen molar-refractivity contribution in [1.82, 2.24) is 0 Å². The van der Waals surface area contributed by atoms with Crippen molar-refractivity contribution in [3.05, 3.63) is 24.3 Å². The van der Waals surface area contributed by atoms with Gasteiger partial charge in [-0.3, -0.25) is 0 Å². The largest absolute Gasteiger partial charge is 0.463 e. The van der Waals surface area contributed by atoms with Gasteiger partial charge in [0.2, 0.25) is 0 Å². The summed E-state index contributed by atoms with van der Waals surface area (Å²) in [4.78, 5) is 22.6. The summed E-state index contributed by atoms with van der Waals surface area (Å²) in [5, 5.41) is 0. The highest BCUT2D eigenvalue weighted by Crippen LogP contribution is 2.17. The van der Waals surface area contributed by atoms with Crippen molar-refractivity contribution >= 4 is 34.5 Å². The van der Waals surface area contributed by atoms with Crippen molar-refractivity contribution in [2.75, 3.05) is 17.6 Å². The van der Waals surface area contributed by atoms with Crippen molar-refractivity contribution in [3.63, 3.8) is 0 Å². The quantitative estimate of drug-likeness (QED) is 0.200. The molecule has 0 amide bonds. The Balaban J connectivity index is 2.70. The minimum atomic E-state index is -0.683. The second-order valence-corrected chi connectivity index (χ2v) is 4.89. The SMILES string of the molecule is CCOC(=O)/C=C/[C@H]1OC(=O)C=C[C@@H]1OC(CI)OCC. The highest BCUT2D eigenvalue weighted by molar-refractivity contribution is 14.1. The van der Waals surface area contributed by atoms with Crippen molar-refractivity contribution in [2.45, 2.75) is 32.3 Å². The summed E-state index contributed by atoms with van der Waals surface area (Å²) in [7, 11) is 0. The zero-order valence-corrected chi connectivity index (χ0v) is 14.1. The molecule has 0 aromatic heterocycles. The van der Waals surface area contributed by atoms with E-state index in [1.165, 1.54) is 18.2 Å². The number of ether oxygens (including phenoxy) is 4. The van der Waals surface area contributed by atoms with Gasteiger partial charge in [0.05, 0.1) is 11.0 Å². The lowest BCUT2D eigenvalue weighted by Gasteiger charge is -2.28. The predicted octanol–water partition coefficient (Wildman–Crippen LogP) is 1.77. The van der Waals surface area contributed by atoms with Crippen LogP contribution in [-0.4, -0.2) is 48.1 Å². The normalized spacial score (nSPS) is 23.1. The maximum atomic E-state index is 11.3. The fraction of sp³-hybridized carbons (Fsp3) is 0.571. The highest BCUT2D eigenvalue weighted by Gasteiger charge is 2.28. The number of halogens is 1. The van der Waals surface area contributed by atoms with Crippen LogP contribution in [0.1, 0.15) is 13.8 Å². The highest BCUT2D eigenvalue weighted by atomic mass is 127. The summed E-state index contributed by atoms with van der Waals surface area (Å²) in [6.45, 7) is 4.40. The number of cyclic esters (lactones) is 1. The zero-order valence-electron chi connectivity index (χ0n) is 12.0. The Bertz CT molecular complexity index is 406. The van der Waals surface area contributed by atoms with Gasteiger partial charge >= 0.3 is 11.9 Å². The summed E-state index contributed by atoms with van der Waals surface area (Å²) in [5.41, 5.74) is 0. The van der Waals surface area contributed by atoms with E-state index in [2.05, 4.69) is 22.6 Å². The second kappa shape index (κ2) is 9.91. The fourth-order valence-corrected chi connectivity index (χ4v) is 2.10. The lowest BCUT2D eigenvalue weighted by atomic mass is 10.1. The van der Waals surface area contributed by atoms with Gasteiger partial charge in [0, 0.05) is 18.8 Å². The van der Waals surface area contributed by atoms with Crippen LogP contribution in [0.15, 0.2) is 24.3 Å². The number of alkyl halides is 1. The Morgan fingerprint density at radius 3 is 2.86 bits per heavy atom. The molecular formula is C14H19IO6. The van der Waals surface area contributed by atoms with E-state index < -0.39 is 30.4 Å². The number of hydrogen-bond acceptors (Lipinski definition) is 6. The Labute approximate surface area is 137 Å². The number of esters is 2. The molecule has 0 saturated carbocycles. The zero-order chi connectivity index (χ0) is 15.7. The van der Waals surface area contributed by atoms with Crippen molar-refractivity contribution in [2.24, 2.45) is 0 Å². The van der Waals surface area contributed by atoms with E-state index in [0.29, 0.717) is 11.0 Å². The van der Waals surface area contributed by atoms with Crippen molar-refractivity contribution in [1.29, 1.82) is 0 Å². The molecule has 0 spiro atoms. The topological polar surface area (TPSA) is 71.1 Å². The average molecular weight is 410 g/mol. The monoisotopic (exact) mass is 410 g/mol. The van der Waals surface area contributed by atoms with Gasteiger partial charge in [-0.25, -0.2) is 9.59 Å². The Morgan fingerprint density at radius 1 is 1.48 bits per heavy atom. The van der Waals surface area contributed by atoms with Crippen LogP contribution in [0.2, 0.25) is 0 Å². The second-order valence-electron chi connectivity index (χ2n) is 4.01. The van der Waals surface area contributed by atoms with E-state index in [-0.39, 0.29) is 6.61 Å². The van der Waals surface area contributed by atoms with Gasteiger partial charge < -0.3 is 18.9 Å². The van der Waals surface area contributed by atoms with Crippen LogP contribution >= 0.6 is 22.6 Å². The summed E-state index contributed by atoms with van der Waals surface area (Å²) >= 11 is 2.15. The summed E-state index contributed by atoms with van der Waals surface area (Å²) in [5.74, 6) is -0.965. The molecule has 0 N–H and O–H groups in total. The van der Waals surface area contributed by atoms with Crippen LogP contribution in [0.4, 0.5) is 0 Å². The molecule has 3 atom stereocenters. The van der Waals surface area contributed by atoms with Crippen molar-refractivity contribution in [3.8, 4) is 0 Å².